The van der Waals surface area contributed by atoms with E-state index in [1.54, 1.807) is 0 Å². The summed E-state index contributed by atoms with van der Waals surface area (Å²) in [6.07, 6.45) is 6.26. The van der Waals surface area contributed by atoms with E-state index in [4.69, 9.17) is 10.5 Å². The Morgan fingerprint density at radius 3 is 3.11 bits per heavy atom. The molecule has 2 rings (SSSR count). The number of ether oxygens (including phenoxy) is 1. The smallest absolute Gasteiger partial charge is 0.0640 e. The van der Waals surface area contributed by atoms with Crippen LogP contribution in [0.1, 0.15) is 44.8 Å². The van der Waals surface area contributed by atoms with E-state index >= 15 is 0 Å². The normalized spacial score (nSPS) is 23.2. The van der Waals surface area contributed by atoms with Crippen LogP contribution < -0.4 is 5.73 Å². The lowest BCUT2D eigenvalue weighted by Gasteiger charge is -2.14. The largest absolute Gasteiger partial charge is 0.381 e. The van der Waals surface area contributed by atoms with Gasteiger partial charge >= 0.3 is 0 Å². The second-order valence-electron chi connectivity index (χ2n) is 5.47. The molecule has 3 atom stereocenters. The molecule has 2 N–H and O–H groups in total. The molecule has 3 unspecified atom stereocenters. The zero-order chi connectivity index (χ0) is 13.0. The SMILES string of the molecule is CCC(C)n1ccc(CC(N)CC2CCOC2)n1. The molecule has 0 bridgehead atoms. The third-order valence-corrected chi connectivity index (χ3v) is 3.84. The molecule has 0 amide bonds. The van der Waals surface area contributed by atoms with Crippen molar-refractivity contribution in [3.63, 3.8) is 0 Å². The minimum atomic E-state index is 0.206. The van der Waals surface area contributed by atoms with Crippen LogP contribution in [0.2, 0.25) is 0 Å². The molecule has 0 radical (unpaired) electrons. The summed E-state index contributed by atoms with van der Waals surface area (Å²) >= 11 is 0. The van der Waals surface area contributed by atoms with Crippen LogP contribution >= 0.6 is 0 Å². The number of aromatic nitrogens is 2. The topological polar surface area (TPSA) is 53.1 Å². The van der Waals surface area contributed by atoms with Crippen LogP contribution in [0.15, 0.2) is 12.3 Å². The van der Waals surface area contributed by atoms with Crippen LogP contribution in [0, 0.1) is 5.92 Å². The number of rotatable bonds is 6. The van der Waals surface area contributed by atoms with E-state index in [1.807, 2.05) is 4.68 Å². The van der Waals surface area contributed by atoms with Gasteiger partial charge in [-0.3, -0.25) is 4.68 Å². The average Bonchev–Trinajstić information content (AvgIpc) is 2.99. The van der Waals surface area contributed by atoms with Crippen molar-refractivity contribution in [2.24, 2.45) is 11.7 Å². The highest BCUT2D eigenvalue weighted by molar-refractivity contribution is 5.02. The Labute approximate surface area is 110 Å². The molecule has 1 aromatic heterocycles. The second kappa shape index (κ2) is 6.34. The molecule has 18 heavy (non-hydrogen) atoms. The monoisotopic (exact) mass is 251 g/mol. The molecule has 4 nitrogen and oxygen atoms in total. The number of hydrogen-bond acceptors (Lipinski definition) is 3. The fraction of sp³-hybridized carbons (Fsp3) is 0.786. The highest BCUT2D eigenvalue weighted by atomic mass is 16.5. The molecule has 0 saturated carbocycles. The van der Waals surface area contributed by atoms with Gasteiger partial charge in [0, 0.05) is 37.9 Å². The maximum atomic E-state index is 6.20. The summed E-state index contributed by atoms with van der Waals surface area (Å²) in [5, 5.41) is 4.60. The van der Waals surface area contributed by atoms with Gasteiger partial charge in [-0.2, -0.15) is 5.10 Å². The summed E-state index contributed by atoms with van der Waals surface area (Å²) in [6, 6.07) is 2.77. The van der Waals surface area contributed by atoms with Crippen LogP contribution in [-0.2, 0) is 11.2 Å². The molecule has 0 spiro atoms. The highest BCUT2D eigenvalue weighted by Gasteiger charge is 2.19. The summed E-state index contributed by atoms with van der Waals surface area (Å²) in [4.78, 5) is 0. The fourth-order valence-corrected chi connectivity index (χ4v) is 2.47. The lowest BCUT2D eigenvalue weighted by atomic mass is 9.97. The van der Waals surface area contributed by atoms with E-state index in [0.29, 0.717) is 12.0 Å². The van der Waals surface area contributed by atoms with E-state index in [2.05, 4.69) is 31.2 Å². The van der Waals surface area contributed by atoms with Gasteiger partial charge in [-0.25, -0.2) is 0 Å². The maximum absolute atomic E-state index is 6.20. The van der Waals surface area contributed by atoms with Crippen molar-refractivity contribution in [1.82, 2.24) is 9.78 Å². The van der Waals surface area contributed by atoms with E-state index < -0.39 is 0 Å². The fourth-order valence-electron chi connectivity index (χ4n) is 2.47. The first kappa shape index (κ1) is 13.6. The zero-order valence-corrected chi connectivity index (χ0v) is 11.5. The Bertz CT molecular complexity index is 358. The first-order valence-corrected chi connectivity index (χ1v) is 7.06. The highest BCUT2D eigenvalue weighted by Crippen LogP contribution is 2.19. The molecular formula is C14H25N3O. The number of nitrogens with two attached hydrogens (primary N) is 1. The lowest BCUT2D eigenvalue weighted by Crippen LogP contribution is -2.26. The quantitative estimate of drug-likeness (QED) is 0.843. The molecule has 102 valence electrons. The Morgan fingerprint density at radius 1 is 1.61 bits per heavy atom. The van der Waals surface area contributed by atoms with Crippen LogP contribution in [0.25, 0.3) is 0 Å². The maximum Gasteiger partial charge on any atom is 0.0640 e. The van der Waals surface area contributed by atoms with Crippen molar-refractivity contribution in [3.8, 4) is 0 Å². The molecule has 0 aromatic carbocycles. The molecule has 1 saturated heterocycles. The second-order valence-corrected chi connectivity index (χ2v) is 5.47. The third-order valence-electron chi connectivity index (χ3n) is 3.84. The summed E-state index contributed by atoms with van der Waals surface area (Å²) in [6.45, 7) is 6.15. The van der Waals surface area contributed by atoms with Crippen molar-refractivity contribution in [2.75, 3.05) is 13.2 Å². The summed E-state index contributed by atoms with van der Waals surface area (Å²) in [5.74, 6) is 0.650. The molecule has 1 fully saturated rings. The van der Waals surface area contributed by atoms with Crippen molar-refractivity contribution in [1.29, 1.82) is 0 Å². The third kappa shape index (κ3) is 3.56. The predicted octanol–water partition coefficient (Wildman–Crippen LogP) is 2.15. The van der Waals surface area contributed by atoms with Gasteiger partial charge < -0.3 is 10.5 Å². The standard InChI is InChI=1S/C14H25N3O/c1-3-11(2)17-6-4-14(16-17)9-13(15)8-12-5-7-18-10-12/h4,6,11-13H,3,5,7-10,15H2,1-2H3. The molecule has 2 heterocycles. The van der Waals surface area contributed by atoms with Crippen molar-refractivity contribution in [3.05, 3.63) is 18.0 Å². The Hall–Kier alpha value is -0.870. The molecule has 4 heteroatoms. The first-order valence-electron chi connectivity index (χ1n) is 7.06. The van der Waals surface area contributed by atoms with E-state index in [9.17, 15) is 0 Å². The minimum absolute atomic E-state index is 0.206. The van der Waals surface area contributed by atoms with Crippen LogP contribution in [-0.4, -0.2) is 29.0 Å². The average molecular weight is 251 g/mol. The summed E-state index contributed by atoms with van der Waals surface area (Å²) < 4.78 is 7.43. The van der Waals surface area contributed by atoms with Crippen LogP contribution in [0.3, 0.4) is 0 Å². The Balaban J connectivity index is 1.82. The van der Waals surface area contributed by atoms with Crippen molar-refractivity contribution in [2.45, 2.75) is 51.6 Å². The Morgan fingerprint density at radius 2 is 2.44 bits per heavy atom. The van der Waals surface area contributed by atoms with Gasteiger partial charge in [0.15, 0.2) is 0 Å². The Kier molecular flexibility index (Phi) is 4.78. The summed E-state index contributed by atoms with van der Waals surface area (Å²) in [7, 11) is 0. The molecule has 0 aliphatic carbocycles. The molecule has 1 aliphatic rings. The zero-order valence-electron chi connectivity index (χ0n) is 11.5. The van der Waals surface area contributed by atoms with Crippen molar-refractivity contribution < 1.29 is 4.74 Å². The number of hydrogen-bond donors (Lipinski definition) is 1. The summed E-state index contributed by atoms with van der Waals surface area (Å²) in [5.41, 5.74) is 7.31. The van der Waals surface area contributed by atoms with E-state index in [-0.39, 0.29) is 6.04 Å². The van der Waals surface area contributed by atoms with Gasteiger partial charge in [-0.05, 0) is 38.2 Å². The van der Waals surface area contributed by atoms with Crippen LogP contribution in [0.5, 0.6) is 0 Å². The van der Waals surface area contributed by atoms with Crippen LogP contribution in [0.4, 0.5) is 0 Å². The van der Waals surface area contributed by atoms with Gasteiger partial charge in [-0.15, -0.1) is 0 Å². The number of nitrogens with zero attached hydrogens (tertiary/aromatic N) is 2. The van der Waals surface area contributed by atoms with Gasteiger partial charge in [0.2, 0.25) is 0 Å². The molecular weight excluding hydrogens is 226 g/mol. The minimum Gasteiger partial charge on any atom is -0.381 e. The van der Waals surface area contributed by atoms with Gasteiger partial charge in [-0.1, -0.05) is 6.92 Å². The van der Waals surface area contributed by atoms with Gasteiger partial charge in [0.1, 0.15) is 0 Å². The predicted molar refractivity (Wildman–Crippen MR) is 72.5 cm³/mol. The molecule has 1 aromatic rings. The first-order chi connectivity index (χ1) is 8.69. The van der Waals surface area contributed by atoms with Crippen molar-refractivity contribution >= 4 is 0 Å². The van der Waals surface area contributed by atoms with E-state index in [0.717, 1.165) is 44.6 Å². The van der Waals surface area contributed by atoms with E-state index in [1.165, 1.54) is 0 Å². The molecule has 1 aliphatic heterocycles. The van der Waals surface area contributed by atoms with Gasteiger partial charge in [0.05, 0.1) is 5.69 Å². The van der Waals surface area contributed by atoms with Gasteiger partial charge in [0.25, 0.3) is 0 Å². The lowest BCUT2D eigenvalue weighted by molar-refractivity contribution is 0.182.